The number of nitrogens with zero attached hydrogens (tertiary/aromatic N) is 3. The largest absolute Gasteiger partial charge is 0.357 e. The number of carbonyl (C=O) groups excluding carboxylic acids is 1. The van der Waals surface area contributed by atoms with Crippen molar-refractivity contribution in [3.8, 4) is 0 Å². The molecule has 0 radical (unpaired) electrons. The minimum atomic E-state index is -0.238. The van der Waals surface area contributed by atoms with Crippen LogP contribution in [0.3, 0.4) is 0 Å². The molecule has 0 saturated carbocycles. The number of benzene rings is 1. The highest BCUT2D eigenvalue weighted by molar-refractivity contribution is 6.30. The Morgan fingerprint density at radius 1 is 1.16 bits per heavy atom. The third-order valence-electron chi connectivity index (χ3n) is 4.02. The van der Waals surface area contributed by atoms with Gasteiger partial charge in [0.15, 0.2) is 0 Å². The fraction of sp³-hybridized carbons (Fsp3) is 0.211. The Balaban J connectivity index is 1.85. The van der Waals surface area contributed by atoms with Crippen LogP contribution < -0.4 is 10.2 Å². The van der Waals surface area contributed by atoms with E-state index in [0.717, 1.165) is 24.3 Å². The standard InChI is InChI=1S/C19H19ClN4O/c1-3-24(4-2)18-10-9-13(12-21-18)22-19(25)15-11-17(20)23-16-8-6-5-7-14(15)16/h5-12H,3-4H2,1-2H3,(H,22,25). The Morgan fingerprint density at radius 2 is 1.92 bits per heavy atom. The summed E-state index contributed by atoms with van der Waals surface area (Å²) in [4.78, 5) is 23.5. The Kier molecular flexibility index (Phi) is 5.14. The summed E-state index contributed by atoms with van der Waals surface area (Å²) in [6.45, 7) is 5.94. The number of aromatic nitrogens is 2. The molecule has 25 heavy (non-hydrogen) atoms. The van der Waals surface area contributed by atoms with Crippen molar-refractivity contribution in [2.24, 2.45) is 0 Å². The molecule has 0 saturated heterocycles. The fourth-order valence-corrected chi connectivity index (χ4v) is 2.92. The average molecular weight is 355 g/mol. The maximum absolute atomic E-state index is 12.7. The summed E-state index contributed by atoms with van der Waals surface area (Å²) in [5, 5.41) is 3.93. The molecule has 0 atom stereocenters. The van der Waals surface area contributed by atoms with Gasteiger partial charge < -0.3 is 10.2 Å². The van der Waals surface area contributed by atoms with Crippen LogP contribution in [0.1, 0.15) is 24.2 Å². The van der Waals surface area contributed by atoms with E-state index in [1.807, 2.05) is 36.4 Å². The fourth-order valence-electron chi connectivity index (χ4n) is 2.72. The van der Waals surface area contributed by atoms with Crippen LogP contribution in [0.15, 0.2) is 48.7 Å². The number of amides is 1. The van der Waals surface area contributed by atoms with E-state index in [2.05, 4.69) is 34.0 Å². The van der Waals surface area contributed by atoms with Gasteiger partial charge in [-0.25, -0.2) is 9.97 Å². The number of carbonyl (C=O) groups is 1. The van der Waals surface area contributed by atoms with Crippen LogP contribution in [-0.4, -0.2) is 29.0 Å². The van der Waals surface area contributed by atoms with E-state index in [4.69, 9.17) is 11.6 Å². The highest BCUT2D eigenvalue weighted by Crippen LogP contribution is 2.22. The zero-order valence-electron chi connectivity index (χ0n) is 14.2. The molecule has 0 fully saturated rings. The lowest BCUT2D eigenvalue weighted by atomic mass is 10.1. The van der Waals surface area contributed by atoms with Crippen molar-refractivity contribution in [1.82, 2.24) is 9.97 Å². The van der Waals surface area contributed by atoms with Crippen LogP contribution in [-0.2, 0) is 0 Å². The van der Waals surface area contributed by atoms with E-state index >= 15 is 0 Å². The lowest BCUT2D eigenvalue weighted by molar-refractivity contribution is 0.102. The Bertz CT molecular complexity index is 892. The van der Waals surface area contributed by atoms with Crippen molar-refractivity contribution in [1.29, 1.82) is 0 Å². The summed E-state index contributed by atoms with van der Waals surface area (Å²) in [5.41, 5.74) is 1.82. The maximum Gasteiger partial charge on any atom is 0.256 e. The summed E-state index contributed by atoms with van der Waals surface area (Å²) < 4.78 is 0. The van der Waals surface area contributed by atoms with Crippen LogP contribution in [0.5, 0.6) is 0 Å². The van der Waals surface area contributed by atoms with E-state index in [-0.39, 0.29) is 5.91 Å². The molecule has 3 rings (SSSR count). The zero-order valence-corrected chi connectivity index (χ0v) is 14.9. The molecule has 5 nitrogen and oxygen atoms in total. The molecule has 0 aliphatic carbocycles. The number of hydrogen-bond donors (Lipinski definition) is 1. The van der Waals surface area contributed by atoms with Gasteiger partial charge >= 0.3 is 0 Å². The second-order valence-electron chi connectivity index (χ2n) is 5.54. The van der Waals surface area contributed by atoms with Crippen molar-refractivity contribution < 1.29 is 4.79 Å². The number of nitrogens with one attached hydrogen (secondary N) is 1. The van der Waals surface area contributed by atoms with E-state index in [1.54, 1.807) is 12.3 Å². The Morgan fingerprint density at radius 3 is 2.60 bits per heavy atom. The predicted molar refractivity (Wildman–Crippen MR) is 103 cm³/mol. The molecule has 0 unspecified atom stereocenters. The monoisotopic (exact) mass is 354 g/mol. The molecule has 0 spiro atoms. The number of hydrogen-bond acceptors (Lipinski definition) is 4. The predicted octanol–water partition coefficient (Wildman–Crippen LogP) is 4.38. The number of halogens is 1. The lowest BCUT2D eigenvalue weighted by Crippen LogP contribution is -2.22. The highest BCUT2D eigenvalue weighted by atomic mass is 35.5. The summed E-state index contributed by atoms with van der Waals surface area (Å²) in [6.07, 6.45) is 1.66. The third-order valence-corrected chi connectivity index (χ3v) is 4.22. The minimum absolute atomic E-state index is 0.238. The van der Waals surface area contributed by atoms with Gasteiger partial charge in [0.1, 0.15) is 11.0 Å². The molecule has 6 heteroatoms. The highest BCUT2D eigenvalue weighted by Gasteiger charge is 2.13. The molecule has 1 amide bonds. The van der Waals surface area contributed by atoms with Crippen molar-refractivity contribution in [3.63, 3.8) is 0 Å². The molecule has 3 aromatic rings. The van der Waals surface area contributed by atoms with Gasteiger partial charge in [0.2, 0.25) is 0 Å². The van der Waals surface area contributed by atoms with Crippen molar-refractivity contribution in [2.45, 2.75) is 13.8 Å². The quantitative estimate of drug-likeness (QED) is 0.691. The first-order valence-corrected chi connectivity index (χ1v) is 8.57. The number of pyridine rings is 2. The van der Waals surface area contributed by atoms with Crippen LogP contribution in [0.25, 0.3) is 10.9 Å². The van der Waals surface area contributed by atoms with Crippen LogP contribution in [0, 0.1) is 0 Å². The lowest BCUT2D eigenvalue weighted by Gasteiger charge is -2.19. The van der Waals surface area contributed by atoms with E-state index in [9.17, 15) is 4.79 Å². The minimum Gasteiger partial charge on any atom is -0.357 e. The first kappa shape index (κ1) is 17.2. The molecule has 0 bridgehead atoms. The van der Waals surface area contributed by atoms with Gasteiger partial charge in [0.25, 0.3) is 5.91 Å². The number of anilines is 2. The van der Waals surface area contributed by atoms with Gasteiger partial charge in [0, 0.05) is 18.5 Å². The van der Waals surface area contributed by atoms with Gasteiger partial charge in [-0.15, -0.1) is 0 Å². The van der Waals surface area contributed by atoms with Crippen molar-refractivity contribution in [2.75, 3.05) is 23.3 Å². The van der Waals surface area contributed by atoms with Gasteiger partial charge in [-0.05, 0) is 38.1 Å². The second-order valence-corrected chi connectivity index (χ2v) is 5.93. The van der Waals surface area contributed by atoms with Crippen LogP contribution >= 0.6 is 11.6 Å². The Labute approximate surface area is 151 Å². The molecular formula is C19H19ClN4O. The summed E-state index contributed by atoms with van der Waals surface area (Å²) in [7, 11) is 0. The second kappa shape index (κ2) is 7.49. The zero-order chi connectivity index (χ0) is 17.8. The number of fused-ring (bicyclic) bond motifs is 1. The molecular weight excluding hydrogens is 336 g/mol. The number of rotatable bonds is 5. The molecule has 1 N–H and O–H groups in total. The first-order valence-electron chi connectivity index (χ1n) is 8.20. The number of para-hydroxylation sites is 1. The van der Waals surface area contributed by atoms with E-state index in [1.165, 1.54) is 0 Å². The third kappa shape index (κ3) is 3.72. The van der Waals surface area contributed by atoms with E-state index in [0.29, 0.717) is 21.9 Å². The normalized spacial score (nSPS) is 10.7. The van der Waals surface area contributed by atoms with E-state index < -0.39 is 0 Å². The molecule has 2 aromatic heterocycles. The Hall–Kier alpha value is -2.66. The SMILES string of the molecule is CCN(CC)c1ccc(NC(=O)c2cc(Cl)nc3ccccc23)cn1. The van der Waals surface area contributed by atoms with Crippen molar-refractivity contribution >= 4 is 39.9 Å². The molecule has 128 valence electrons. The van der Waals surface area contributed by atoms with Crippen molar-refractivity contribution in [3.05, 3.63) is 59.4 Å². The summed E-state index contributed by atoms with van der Waals surface area (Å²) in [5.74, 6) is 0.651. The first-order chi connectivity index (χ1) is 12.1. The molecule has 2 heterocycles. The van der Waals surface area contributed by atoms with Gasteiger partial charge in [-0.3, -0.25) is 4.79 Å². The summed E-state index contributed by atoms with van der Waals surface area (Å²) in [6, 6.07) is 12.8. The topological polar surface area (TPSA) is 58.1 Å². The van der Waals surface area contributed by atoms with Gasteiger partial charge in [-0.1, -0.05) is 29.8 Å². The molecule has 0 aliphatic rings. The summed E-state index contributed by atoms with van der Waals surface area (Å²) >= 11 is 6.05. The molecule has 0 aliphatic heterocycles. The maximum atomic E-state index is 12.7. The van der Waals surface area contributed by atoms with Crippen LogP contribution in [0.4, 0.5) is 11.5 Å². The van der Waals surface area contributed by atoms with Gasteiger partial charge in [0.05, 0.1) is 23.0 Å². The van der Waals surface area contributed by atoms with Crippen LogP contribution in [0.2, 0.25) is 5.15 Å². The van der Waals surface area contributed by atoms with Gasteiger partial charge in [-0.2, -0.15) is 0 Å². The average Bonchev–Trinajstić information content (AvgIpc) is 2.63. The molecule has 1 aromatic carbocycles. The smallest absolute Gasteiger partial charge is 0.256 e.